The monoisotopic (exact) mass is 254 g/mol. The summed E-state index contributed by atoms with van der Waals surface area (Å²) in [6.45, 7) is 5.14. The number of halogens is 1. The molecule has 2 aromatic heterocycles. The predicted molar refractivity (Wildman–Crippen MR) is 64.7 cm³/mol. The summed E-state index contributed by atoms with van der Waals surface area (Å²) in [5, 5.41) is 12.0. The number of nitrogens with zero attached hydrogens (tertiary/aromatic N) is 3. The molecule has 0 saturated heterocycles. The lowest BCUT2D eigenvalue weighted by molar-refractivity contribution is 0.369. The number of hydrogen-bond acceptors (Lipinski definition) is 4. The molecule has 0 radical (unpaired) electrons. The van der Waals surface area contributed by atoms with Crippen molar-refractivity contribution in [1.82, 2.24) is 20.3 Å². The van der Waals surface area contributed by atoms with Gasteiger partial charge in [-0.25, -0.2) is 0 Å². The van der Waals surface area contributed by atoms with E-state index in [1.165, 1.54) is 0 Å². The van der Waals surface area contributed by atoms with Gasteiger partial charge in [-0.3, -0.25) is 4.68 Å². The molecule has 5 nitrogen and oxygen atoms in total. The molecule has 0 unspecified atom stereocenters. The Balaban J connectivity index is 1.94. The zero-order valence-corrected chi connectivity index (χ0v) is 10.9. The first-order valence-electron chi connectivity index (χ1n) is 5.39. The minimum atomic E-state index is 0.630. The summed E-state index contributed by atoms with van der Waals surface area (Å²) in [5.74, 6) is 0.820. The largest absolute Gasteiger partial charge is 0.360 e. The third kappa shape index (κ3) is 2.68. The van der Waals surface area contributed by atoms with Crippen LogP contribution in [0.5, 0.6) is 0 Å². The molecular formula is C11H15ClN4O. The molecule has 2 rings (SSSR count). The van der Waals surface area contributed by atoms with E-state index in [2.05, 4.69) is 15.6 Å². The molecule has 2 aromatic rings. The Morgan fingerprint density at radius 2 is 2.18 bits per heavy atom. The van der Waals surface area contributed by atoms with Gasteiger partial charge in [0.2, 0.25) is 0 Å². The third-order valence-corrected chi connectivity index (χ3v) is 3.02. The molecule has 0 bridgehead atoms. The Labute approximate surface area is 105 Å². The van der Waals surface area contributed by atoms with Crippen LogP contribution < -0.4 is 5.32 Å². The van der Waals surface area contributed by atoms with Gasteiger partial charge in [0.15, 0.2) is 5.76 Å². The number of aromatic nitrogens is 3. The van der Waals surface area contributed by atoms with Gasteiger partial charge in [-0.2, -0.15) is 5.10 Å². The number of hydrogen-bond donors (Lipinski definition) is 1. The van der Waals surface area contributed by atoms with E-state index in [0.29, 0.717) is 18.2 Å². The summed E-state index contributed by atoms with van der Waals surface area (Å²) >= 11 is 6.12. The van der Waals surface area contributed by atoms with E-state index in [1.807, 2.05) is 27.0 Å². The van der Waals surface area contributed by atoms with Gasteiger partial charge in [0, 0.05) is 25.2 Å². The Kier molecular flexibility index (Phi) is 3.49. The summed E-state index contributed by atoms with van der Waals surface area (Å²) in [5.41, 5.74) is 2.85. The number of rotatable bonds is 4. The number of nitrogens with one attached hydrogen (secondary N) is 1. The molecule has 0 aromatic carbocycles. The van der Waals surface area contributed by atoms with Gasteiger partial charge in [0.05, 0.1) is 17.9 Å². The van der Waals surface area contributed by atoms with Crippen molar-refractivity contribution in [3.63, 3.8) is 0 Å². The molecule has 2 heterocycles. The van der Waals surface area contributed by atoms with Crippen molar-refractivity contribution in [2.24, 2.45) is 7.05 Å². The van der Waals surface area contributed by atoms with E-state index < -0.39 is 0 Å². The molecule has 92 valence electrons. The van der Waals surface area contributed by atoms with E-state index in [-0.39, 0.29) is 0 Å². The highest BCUT2D eigenvalue weighted by atomic mass is 35.5. The normalized spacial score (nSPS) is 11.1. The van der Waals surface area contributed by atoms with Gasteiger partial charge < -0.3 is 9.84 Å². The lowest BCUT2D eigenvalue weighted by Crippen LogP contribution is -2.12. The molecule has 17 heavy (non-hydrogen) atoms. The van der Waals surface area contributed by atoms with Crippen molar-refractivity contribution in [3.8, 4) is 0 Å². The maximum atomic E-state index is 6.12. The van der Waals surface area contributed by atoms with E-state index in [1.54, 1.807) is 4.68 Å². The minimum Gasteiger partial charge on any atom is -0.360 e. The first-order valence-corrected chi connectivity index (χ1v) is 5.76. The second-order valence-electron chi connectivity index (χ2n) is 4.02. The van der Waals surface area contributed by atoms with Crippen LogP contribution >= 0.6 is 11.6 Å². The maximum absolute atomic E-state index is 6.12. The van der Waals surface area contributed by atoms with Crippen molar-refractivity contribution < 1.29 is 4.52 Å². The van der Waals surface area contributed by atoms with Crippen molar-refractivity contribution in [2.45, 2.75) is 26.9 Å². The molecule has 0 aliphatic rings. The smallest absolute Gasteiger partial charge is 0.150 e. The zero-order valence-electron chi connectivity index (χ0n) is 10.1. The summed E-state index contributed by atoms with van der Waals surface area (Å²) in [6, 6.07) is 1.91. The summed E-state index contributed by atoms with van der Waals surface area (Å²) in [4.78, 5) is 0. The van der Waals surface area contributed by atoms with Crippen LogP contribution in [0.2, 0.25) is 5.15 Å². The highest BCUT2D eigenvalue weighted by Gasteiger charge is 2.10. The fourth-order valence-corrected chi connectivity index (χ4v) is 1.93. The van der Waals surface area contributed by atoms with Gasteiger partial charge in [-0.1, -0.05) is 16.8 Å². The van der Waals surface area contributed by atoms with Gasteiger partial charge in [-0.15, -0.1) is 0 Å². The van der Waals surface area contributed by atoms with Crippen LogP contribution in [0, 0.1) is 13.8 Å². The SMILES string of the molecule is Cc1cc(CNCc2c(C)nn(C)c2Cl)on1. The molecule has 0 atom stereocenters. The molecule has 0 saturated carbocycles. The zero-order chi connectivity index (χ0) is 12.4. The topological polar surface area (TPSA) is 55.9 Å². The first-order chi connectivity index (χ1) is 8.08. The molecular weight excluding hydrogens is 240 g/mol. The van der Waals surface area contributed by atoms with Gasteiger partial charge in [0.1, 0.15) is 5.15 Å². The lowest BCUT2D eigenvalue weighted by atomic mass is 10.2. The van der Waals surface area contributed by atoms with Gasteiger partial charge in [0.25, 0.3) is 0 Å². The average Bonchev–Trinajstić information content (AvgIpc) is 2.78. The molecule has 0 aliphatic heterocycles. The maximum Gasteiger partial charge on any atom is 0.150 e. The van der Waals surface area contributed by atoms with Crippen molar-refractivity contribution in [1.29, 1.82) is 0 Å². The van der Waals surface area contributed by atoms with Crippen molar-refractivity contribution in [2.75, 3.05) is 0 Å². The predicted octanol–water partition coefficient (Wildman–Crippen LogP) is 1.97. The Hall–Kier alpha value is -1.33. The summed E-state index contributed by atoms with van der Waals surface area (Å²) in [7, 11) is 1.83. The Morgan fingerprint density at radius 1 is 1.41 bits per heavy atom. The molecule has 1 N–H and O–H groups in total. The summed E-state index contributed by atoms with van der Waals surface area (Å²) < 4.78 is 6.77. The number of aryl methyl sites for hydroxylation is 3. The second-order valence-corrected chi connectivity index (χ2v) is 4.37. The molecule has 6 heteroatoms. The minimum absolute atomic E-state index is 0.630. The van der Waals surface area contributed by atoms with E-state index in [9.17, 15) is 0 Å². The molecule has 0 spiro atoms. The highest BCUT2D eigenvalue weighted by Crippen LogP contribution is 2.18. The Bertz CT molecular complexity index is 518. The average molecular weight is 255 g/mol. The van der Waals surface area contributed by atoms with E-state index in [0.717, 1.165) is 22.7 Å². The Morgan fingerprint density at radius 3 is 2.71 bits per heavy atom. The fourth-order valence-electron chi connectivity index (χ4n) is 1.69. The molecule has 0 fully saturated rings. The fraction of sp³-hybridized carbons (Fsp3) is 0.455. The van der Waals surface area contributed by atoms with Crippen LogP contribution in [-0.4, -0.2) is 14.9 Å². The van der Waals surface area contributed by atoms with Crippen LogP contribution in [0.3, 0.4) is 0 Å². The second kappa shape index (κ2) is 4.89. The van der Waals surface area contributed by atoms with Gasteiger partial charge in [-0.05, 0) is 13.8 Å². The van der Waals surface area contributed by atoms with Crippen LogP contribution in [0.25, 0.3) is 0 Å². The van der Waals surface area contributed by atoms with Crippen LogP contribution in [0.15, 0.2) is 10.6 Å². The summed E-state index contributed by atoms with van der Waals surface area (Å²) in [6.07, 6.45) is 0. The van der Waals surface area contributed by atoms with Crippen LogP contribution in [0.1, 0.15) is 22.7 Å². The van der Waals surface area contributed by atoms with Crippen LogP contribution in [-0.2, 0) is 20.1 Å². The quantitative estimate of drug-likeness (QED) is 0.906. The van der Waals surface area contributed by atoms with Gasteiger partial charge >= 0.3 is 0 Å². The van der Waals surface area contributed by atoms with E-state index in [4.69, 9.17) is 16.1 Å². The van der Waals surface area contributed by atoms with Crippen molar-refractivity contribution in [3.05, 3.63) is 33.9 Å². The van der Waals surface area contributed by atoms with Crippen LogP contribution in [0.4, 0.5) is 0 Å². The van der Waals surface area contributed by atoms with Crippen molar-refractivity contribution >= 4 is 11.6 Å². The lowest BCUT2D eigenvalue weighted by Gasteiger charge is -2.01. The van der Waals surface area contributed by atoms with E-state index >= 15 is 0 Å². The highest BCUT2D eigenvalue weighted by molar-refractivity contribution is 6.30. The first kappa shape index (κ1) is 12.1. The molecule has 0 aliphatic carbocycles. The molecule has 0 amide bonds. The standard InChI is InChI=1S/C11H15ClN4O/c1-7-4-9(17-15-7)5-13-6-10-8(2)14-16(3)11(10)12/h4,13H,5-6H2,1-3H3. The third-order valence-electron chi connectivity index (χ3n) is 2.55.